The molecule has 62 valence electrons. The highest BCUT2D eigenvalue weighted by molar-refractivity contribution is 6.19. The summed E-state index contributed by atoms with van der Waals surface area (Å²) in [6.07, 6.45) is 0. The molecule has 0 spiro atoms. The molecule has 0 aromatic heterocycles. The Bertz CT molecular complexity index is 201. The predicted molar refractivity (Wildman–Crippen MR) is 38.2 cm³/mol. The monoisotopic (exact) mass is 179 g/mol. The highest BCUT2D eigenvalue weighted by Gasteiger charge is 2.15. The summed E-state index contributed by atoms with van der Waals surface area (Å²) >= 11 is 5.11. The van der Waals surface area contributed by atoms with Crippen molar-refractivity contribution in [3.63, 3.8) is 0 Å². The first-order valence-corrected chi connectivity index (χ1v) is 3.10. The van der Waals surface area contributed by atoms with Gasteiger partial charge in [0, 0.05) is 0 Å². The summed E-state index contributed by atoms with van der Waals surface area (Å²) in [5.74, 6) is -1.94. The lowest BCUT2D eigenvalue weighted by Gasteiger charge is -1.97. The maximum Gasteiger partial charge on any atom is 0.363 e. The van der Waals surface area contributed by atoms with Crippen LogP contribution < -0.4 is 0 Å². The number of hydrogen-bond donors (Lipinski definition) is 1. The van der Waals surface area contributed by atoms with Gasteiger partial charge in [-0.25, -0.2) is 4.79 Å². The molecule has 0 saturated heterocycles. The van der Waals surface area contributed by atoms with Crippen LogP contribution in [-0.4, -0.2) is 24.1 Å². The maximum atomic E-state index is 10.6. The number of esters is 1. The molecule has 0 aliphatic rings. The van der Waals surface area contributed by atoms with Crippen molar-refractivity contribution in [3.8, 4) is 0 Å². The van der Waals surface area contributed by atoms with Gasteiger partial charge in [-0.1, -0.05) is 0 Å². The summed E-state index contributed by atoms with van der Waals surface area (Å²) in [5, 5.41) is 11.0. The third kappa shape index (κ3) is 2.55. The SMILES string of the molecule is COC(=O)/C(N=O)=C(\O)CCl. The normalized spacial score (nSPS) is 11.8. The fourth-order valence-electron chi connectivity index (χ4n) is 0.368. The Hall–Kier alpha value is -1.10. The number of carbonyl (C=O) groups excluding carboxylic acids is 1. The number of alkyl halides is 1. The van der Waals surface area contributed by atoms with Crippen LogP contribution in [0.1, 0.15) is 0 Å². The highest BCUT2D eigenvalue weighted by atomic mass is 35.5. The second-order valence-corrected chi connectivity index (χ2v) is 1.78. The van der Waals surface area contributed by atoms with Crippen LogP contribution in [0, 0.1) is 4.91 Å². The zero-order chi connectivity index (χ0) is 8.85. The van der Waals surface area contributed by atoms with Gasteiger partial charge >= 0.3 is 5.97 Å². The molecule has 0 unspecified atom stereocenters. The fraction of sp³-hybridized carbons (Fsp3) is 0.400. The molecule has 1 N–H and O–H groups in total. The fourth-order valence-corrected chi connectivity index (χ4v) is 0.494. The lowest BCUT2D eigenvalue weighted by molar-refractivity contribution is -0.136. The van der Waals surface area contributed by atoms with E-state index in [1.807, 2.05) is 0 Å². The molecule has 0 fully saturated rings. The topological polar surface area (TPSA) is 76.0 Å². The summed E-state index contributed by atoms with van der Waals surface area (Å²) in [7, 11) is 1.06. The number of nitroso groups, excluding NO2 is 1. The van der Waals surface area contributed by atoms with Gasteiger partial charge in [0.05, 0.1) is 13.0 Å². The number of carbonyl (C=O) groups is 1. The van der Waals surface area contributed by atoms with Gasteiger partial charge in [0.1, 0.15) is 5.76 Å². The summed E-state index contributed by atoms with van der Waals surface area (Å²) in [5.41, 5.74) is -0.692. The van der Waals surface area contributed by atoms with E-state index in [4.69, 9.17) is 16.7 Å². The van der Waals surface area contributed by atoms with Crippen molar-refractivity contribution in [1.29, 1.82) is 0 Å². The number of nitrogens with zero attached hydrogens (tertiary/aromatic N) is 1. The average molecular weight is 180 g/mol. The second-order valence-electron chi connectivity index (χ2n) is 1.51. The van der Waals surface area contributed by atoms with Gasteiger partial charge in [0.15, 0.2) is 0 Å². The van der Waals surface area contributed by atoms with Gasteiger partial charge in [0.25, 0.3) is 0 Å². The molecular weight excluding hydrogens is 174 g/mol. The number of allylic oxidation sites excluding steroid dienone is 1. The standard InChI is InChI=1S/C5H6ClNO4/c1-11-5(9)4(7-10)3(8)2-6/h8H,2H2,1H3/b4-3+. The molecule has 0 amide bonds. The minimum Gasteiger partial charge on any atom is -0.508 e. The first-order chi connectivity index (χ1) is 5.17. The van der Waals surface area contributed by atoms with E-state index in [1.165, 1.54) is 0 Å². The average Bonchev–Trinajstić information content (AvgIpc) is 2.05. The Morgan fingerprint density at radius 3 is 2.55 bits per heavy atom. The molecule has 0 saturated carbocycles. The maximum absolute atomic E-state index is 10.6. The first kappa shape index (κ1) is 9.90. The number of aliphatic hydroxyl groups is 1. The number of rotatable bonds is 3. The Kier molecular flexibility index (Phi) is 4.21. The van der Waals surface area contributed by atoms with Gasteiger partial charge in [-0.05, 0) is 5.18 Å². The Labute approximate surface area is 67.6 Å². The van der Waals surface area contributed by atoms with E-state index in [0.717, 1.165) is 7.11 Å². The third-order valence-electron chi connectivity index (χ3n) is 0.870. The second kappa shape index (κ2) is 4.68. The molecule has 6 heteroatoms. The summed E-state index contributed by atoms with van der Waals surface area (Å²) < 4.78 is 4.12. The zero-order valence-electron chi connectivity index (χ0n) is 5.70. The molecule has 0 heterocycles. The van der Waals surface area contributed by atoms with Gasteiger partial charge in [0.2, 0.25) is 5.70 Å². The van der Waals surface area contributed by atoms with Crippen molar-refractivity contribution < 1.29 is 14.6 Å². The van der Waals surface area contributed by atoms with Crippen molar-refractivity contribution in [3.05, 3.63) is 16.4 Å². The largest absolute Gasteiger partial charge is 0.508 e. The van der Waals surface area contributed by atoms with Crippen LogP contribution in [0.15, 0.2) is 16.6 Å². The van der Waals surface area contributed by atoms with Crippen molar-refractivity contribution >= 4 is 17.6 Å². The van der Waals surface area contributed by atoms with Gasteiger partial charge in [-0.2, -0.15) is 0 Å². The minimum atomic E-state index is -1.00. The molecule has 0 bridgehead atoms. The van der Waals surface area contributed by atoms with Crippen molar-refractivity contribution in [2.45, 2.75) is 0 Å². The number of ether oxygens (including phenoxy) is 1. The van der Waals surface area contributed by atoms with Crippen LogP contribution in [0.3, 0.4) is 0 Å². The van der Waals surface area contributed by atoms with E-state index in [0.29, 0.717) is 0 Å². The lowest BCUT2D eigenvalue weighted by Crippen LogP contribution is -2.06. The zero-order valence-corrected chi connectivity index (χ0v) is 6.46. The van der Waals surface area contributed by atoms with E-state index < -0.39 is 17.4 Å². The van der Waals surface area contributed by atoms with Crippen LogP contribution in [0.25, 0.3) is 0 Å². The summed E-state index contributed by atoms with van der Waals surface area (Å²) in [6, 6.07) is 0. The first-order valence-electron chi connectivity index (χ1n) is 2.57. The number of methoxy groups -OCH3 is 1. The molecule has 5 nitrogen and oxygen atoms in total. The van der Waals surface area contributed by atoms with Crippen LogP contribution in [0.2, 0.25) is 0 Å². The van der Waals surface area contributed by atoms with E-state index in [1.54, 1.807) is 0 Å². The Balaban J connectivity index is 4.64. The molecule has 0 radical (unpaired) electrons. The minimum absolute atomic E-state index is 0.351. The smallest absolute Gasteiger partial charge is 0.363 e. The van der Waals surface area contributed by atoms with Gasteiger partial charge < -0.3 is 9.84 Å². The molecule has 11 heavy (non-hydrogen) atoms. The Morgan fingerprint density at radius 2 is 2.27 bits per heavy atom. The van der Waals surface area contributed by atoms with Crippen LogP contribution in [0.4, 0.5) is 0 Å². The van der Waals surface area contributed by atoms with E-state index in [-0.39, 0.29) is 5.88 Å². The predicted octanol–water partition coefficient (Wildman–Crippen LogP) is 0.934. The summed E-state index contributed by atoms with van der Waals surface area (Å²) in [4.78, 5) is 20.4. The lowest BCUT2D eigenvalue weighted by atomic mass is 10.4. The highest BCUT2D eigenvalue weighted by Crippen LogP contribution is 2.06. The van der Waals surface area contributed by atoms with Crippen molar-refractivity contribution in [2.24, 2.45) is 5.18 Å². The van der Waals surface area contributed by atoms with E-state index in [2.05, 4.69) is 9.91 Å². The molecular formula is C5H6ClNO4. The number of halogens is 1. The van der Waals surface area contributed by atoms with Gasteiger partial charge in [-0.3, -0.25) is 0 Å². The quantitative estimate of drug-likeness (QED) is 0.230. The van der Waals surface area contributed by atoms with E-state index in [9.17, 15) is 9.70 Å². The molecule has 0 atom stereocenters. The van der Waals surface area contributed by atoms with Crippen LogP contribution in [0.5, 0.6) is 0 Å². The Morgan fingerprint density at radius 1 is 1.73 bits per heavy atom. The van der Waals surface area contributed by atoms with Crippen LogP contribution in [-0.2, 0) is 9.53 Å². The molecule has 0 aliphatic heterocycles. The molecule has 0 rings (SSSR count). The number of aliphatic hydroxyl groups excluding tert-OH is 1. The molecule has 0 aliphatic carbocycles. The van der Waals surface area contributed by atoms with Gasteiger partial charge in [-0.15, -0.1) is 16.5 Å². The van der Waals surface area contributed by atoms with Crippen LogP contribution >= 0.6 is 11.6 Å². The number of hydrogen-bond acceptors (Lipinski definition) is 5. The van der Waals surface area contributed by atoms with Crippen molar-refractivity contribution in [1.82, 2.24) is 0 Å². The third-order valence-corrected chi connectivity index (χ3v) is 1.12. The van der Waals surface area contributed by atoms with Crippen molar-refractivity contribution in [2.75, 3.05) is 13.0 Å². The summed E-state index contributed by atoms with van der Waals surface area (Å²) in [6.45, 7) is 0. The van der Waals surface area contributed by atoms with E-state index >= 15 is 0 Å². The molecule has 0 aromatic carbocycles. The molecule has 0 aromatic rings.